The molecular formula is C17H28O3Si. The molecule has 118 valence electrons. The number of benzene rings is 1. The Hall–Kier alpha value is -1.16. The van der Waals surface area contributed by atoms with Crippen LogP contribution in [0.1, 0.15) is 44.7 Å². The van der Waals surface area contributed by atoms with Crippen molar-refractivity contribution < 1.29 is 14.3 Å². The van der Waals surface area contributed by atoms with Gasteiger partial charge in [-0.1, -0.05) is 20.8 Å². The number of hydrogen-bond donors (Lipinski definition) is 1. The summed E-state index contributed by atoms with van der Waals surface area (Å²) < 4.78 is 11.8. The third-order valence-electron chi connectivity index (χ3n) is 4.92. The van der Waals surface area contributed by atoms with Crippen LogP contribution in [0, 0.1) is 0 Å². The van der Waals surface area contributed by atoms with E-state index in [2.05, 4.69) is 39.9 Å². The first-order valence-electron chi connectivity index (χ1n) is 7.78. The molecule has 0 amide bonds. The lowest BCUT2D eigenvalue weighted by molar-refractivity contribution is 0.349. The van der Waals surface area contributed by atoms with E-state index >= 15 is 0 Å². The van der Waals surface area contributed by atoms with E-state index < -0.39 is 8.32 Å². The maximum atomic E-state index is 10.5. The lowest BCUT2D eigenvalue weighted by atomic mass is 9.90. The number of rotatable bonds is 3. The predicted molar refractivity (Wildman–Crippen MR) is 89.1 cm³/mol. The molecule has 1 N–H and O–H groups in total. The Kier molecular flexibility index (Phi) is 4.29. The molecule has 0 atom stereocenters. The fraction of sp³-hybridized carbons (Fsp3) is 0.647. The Morgan fingerprint density at radius 3 is 2.33 bits per heavy atom. The first-order valence-corrected chi connectivity index (χ1v) is 10.7. The Balaban J connectivity index is 2.46. The fourth-order valence-corrected chi connectivity index (χ4v) is 3.54. The van der Waals surface area contributed by atoms with Crippen LogP contribution in [-0.2, 0) is 12.8 Å². The van der Waals surface area contributed by atoms with Gasteiger partial charge < -0.3 is 14.3 Å². The Labute approximate surface area is 129 Å². The highest BCUT2D eigenvalue weighted by Crippen LogP contribution is 2.46. The topological polar surface area (TPSA) is 38.7 Å². The summed E-state index contributed by atoms with van der Waals surface area (Å²) in [6.45, 7) is 11.1. The van der Waals surface area contributed by atoms with Gasteiger partial charge in [0.25, 0.3) is 8.32 Å². The standard InChI is InChI=1S/C17H28O3Si/c1-17(2,3)21(5,6)20-14-11-12-9-7-8-10-13(12)15(18)16(14)19-4/h11,18H,7-10H2,1-6H3. The van der Waals surface area contributed by atoms with Crippen molar-refractivity contribution in [2.24, 2.45) is 0 Å². The highest BCUT2D eigenvalue weighted by Gasteiger charge is 2.40. The maximum absolute atomic E-state index is 10.5. The monoisotopic (exact) mass is 308 g/mol. The molecule has 0 fully saturated rings. The maximum Gasteiger partial charge on any atom is 0.250 e. The minimum atomic E-state index is -1.95. The van der Waals surface area contributed by atoms with Crippen LogP contribution in [0.25, 0.3) is 0 Å². The summed E-state index contributed by atoms with van der Waals surface area (Å²) in [5.74, 6) is 1.49. The van der Waals surface area contributed by atoms with Crippen LogP contribution in [0.2, 0.25) is 18.1 Å². The highest BCUT2D eigenvalue weighted by atomic mass is 28.4. The van der Waals surface area contributed by atoms with Gasteiger partial charge >= 0.3 is 0 Å². The van der Waals surface area contributed by atoms with Crippen molar-refractivity contribution >= 4 is 8.32 Å². The van der Waals surface area contributed by atoms with E-state index in [-0.39, 0.29) is 10.8 Å². The van der Waals surface area contributed by atoms with Crippen LogP contribution in [0.3, 0.4) is 0 Å². The Morgan fingerprint density at radius 1 is 1.14 bits per heavy atom. The second-order valence-corrected chi connectivity index (χ2v) is 12.2. The second kappa shape index (κ2) is 5.56. The van der Waals surface area contributed by atoms with Crippen molar-refractivity contribution in [3.8, 4) is 17.2 Å². The first kappa shape index (κ1) is 16.2. The molecule has 0 aliphatic heterocycles. The summed E-state index contributed by atoms with van der Waals surface area (Å²) in [5.41, 5.74) is 2.26. The van der Waals surface area contributed by atoms with E-state index in [4.69, 9.17) is 9.16 Å². The zero-order valence-corrected chi connectivity index (χ0v) is 15.2. The van der Waals surface area contributed by atoms with Gasteiger partial charge in [-0.25, -0.2) is 0 Å². The fourth-order valence-electron chi connectivity index (χ4n) is 2.54. The molecule has 4 heteroatoms. The molecule has 0 aromatic heterocycles. The number of hydrogen-bond acceptors (Lipinski definition) is 3. The summed E-state index contributed by atoms with van der Waals surface area (Å²) in [6, 6.07) is 2.09. The largest absolute Gasteiger partial charge is 0.541 e. The molecule has 1 aliphatic rings. The Bertz CT molecular complexity index is 530. The van der Waals surface area contributed by atoms with Crippen LogP contribution in [0.15, 0.2) is 6.07 Å². The van der Waals surface area contributed by atoms with Crippen LogP contribution >= 0.6 is 0 Å². The van der Waals surface area contributed by atoms with Gasteiger partial charge in [0.1, 0.15) is 0 Å². The van der Waals surface area contributed by atoms with E-state index in [1.54, 1.807) is 7.11 Å². The summed E-state index contributed by atoms with van der Waals surface area (Å²) in [6.07, 6.45) is 4.25. The number of phenols is 1. The van der Waals surface area contributed by atoms with Crippen molar-refractivity contribution in [1.82, 2.24) is 0 Å². The van der Waals surface area contributed by atoms with Gasteiger partial charge in [0.05, 0.1) is 7.11 Å². The van der Waals surface area contributed by atoms with Crippen LogP contribution < -0.4 is 9.16 Å². The molecule has 0 radical (unpaired) electrons. The van der Waals surface area contributed by atoms with Gasteiger partial charge in [0.2, 0.25) is 5.75 Å². The lowest BCUT2D eigenvalue weighted by Crippen LogP contribution is -2.44. The van der Waals surface area contributed by atoms with Gasteiger partial charge in [0, 0.05) is 5.56 Å². The lowest BCUT2D eigenvalue weighted by Gasteiger charge is -2.37. The molecule has 1 aromatic carbocycles. The molecule has 0 spiro atoms. The summed E-state index contributed by atoms with van der Waals surface area (Å²) in [5, 5.41) is 10.6. The third-order valence-corrected chi connectivity index (χ3v) is 9.26. The van der Waals surface area contributed by atoms with Gasteiger partial charge in [0.15, 0.2) is 11.5 Å². The van der Waals surface area contributed by atoms with Crippen molar-refractivity contribution in [2.45, 2.75) is 64.6 Å². The molecule has 1 aliphatic carbocycles. The minimum Gasteiger partial charge on any atom is -0.541 e. The van der Waals surface area contributed by atoms with Gasteiger partial charge in [-0.15, -0.1) is 0 Å². The number of ether oxygens (including phenoxy) is 1. The van der Waals surface area contributed by atoms with Gasteiger partial charge in [-0.2, -0.15) is 0 Å². The van der Waals surface area contributed by atoms with E-state index in [0.29, 0.717) is 11.5 Å². The van der Waals surface area contributed by atoms with Crippen LogP contribution in [0.5, 0.6) is 17.2 Å². The van der Waals surface area contributed by atoms with E-state index in [1.807, 2.05) is 0 Å². The number of methoxy groups -OCH3 is 1. The number of fused-ring (bicyclic) bond motifs is 1. The molecule has 0 saturated carbocycles. The average Bonchev–Trinajstić information content (AvgIpc) is 2.37. The molecular weight excluding hydrogens is 280 g/mol. The van der Waals surface area contributed by atoms with Gasteiger partial charge in [-0.05, 0) is 55.4 Å². The zero-order chi connectivity index (χ0) is 15.8. The van der Waals surface area contributed by atoms with Crippen LogP contribution in [-0.4, -0.2) is 20.5 Å². The SMILES string of the molecule is COc1c(O[Si](C)(C)C(C)(C)C)cc2c(c1O)CCCC2. The second-order valence-electron chi connectivity index (χ2n) is 7.46. The van der Waals surface area contributed by atoms with Crippen LogP contribution in [0.4, 0.5) is 0 Å². The van der Waals surface area contributed by atoms with E-state index in [1.165, 1.54) is 12.0 Å². The smallest absolute Gasteiger partial charge is 0.250 e. The highest BCUT2D eigenvalue weighted by molar-refractivity contribution is 6.74. The number of aromatic hydroxyl groups is 1. The van der Waals surface area contributed by atoms with Crippen molar-refractivity contribution in [2.75, 3.05) is 7.11 Å². The molecule has 21 heavy (non-hydrogen) atoms. The predicted octanol–water partition coefficient (Wildman–Crippen LogP) is 4.66. The third kappa shape index (κ3) is 3.05. The first-order chi connectivity index (χ1) is 9.67. The number of phenolic OH excluding ortho intramolecular Hbond substituents is 1. The summed E-state index contributed by atoms with van der Waals surface area (Å²) >= 11 is 0. The number of aryl methyl sites for hydroxylation is 1. The van der Waals surface area contributed by atoms with Crippen molar-refractivity contribution in [3.05, 3.63) is 17.2 Å². The molecule has 0 heterocycles. The average molecular weight is 308 g/mol. The van der Waals surface area contributed by atoms with Crippen molar-refractivity contribution in [1.29, 1.82) is 0 Å². The quantitative estimate of drug-likeness (QED) is 0.825. The van der Waals surface area contributed by atoms with Crippen molar-refractivity contribution in [3.63, 3.8) is 0 Å². The van der Waals surface area contributed by atoms with E-state index in [0.717, 1.165) is 24.8 Å². The Morgan fingerprint density at radius 2 is 1.76 bits per heavy atom. The molecule has 0 unspecified atom stereocenters. The summed E-state index contributed by atoms with van der Waals surface area (Å²) in [4.78, 5) is 0. The van der Waals surface area contributed by atoms with Gasteiger partial charge in [-0.3, -0.25) is 0 Å². The van der Waals surface area contributed by atoms with E-state index in [9.17, 15) is 5.11 Å². The zero-order valence-electron chi connectivity index (χ0n) is 14.2. The molecule has 2 rings (SSSR count). The molecule has 0 bridgehead atoms. The normalized spacial score (nSPS) is 15.5. The molecule has 1 aromatic rings. The molecule has 3 nitrogen and oxygen atoms in total. The molecule has 0 saturated heterocycles. The minimum absolute atomic E-state index is 0.115. The summed E-state index contributed by atoms with van der Waals surface area (Å²) in [7, 11) is -0.353.